The van der Waals surface area contributed by atoms with Gasteiger partial charge in [0.25, 0.3) is 5.91 Å². The van der Waals surface area contributed by atoms with E-state index < -0.39 is 0 Å². The van der Waals surface area contributed by atoms with E-state index in [0.29, 0.717) is 16.4 Å². The van der Waals surface area contributed by atoms with E-state index in [1.54, 1.807) is 13.1 Å². The van der Waals surface area contributed by atoms with Crippen LogP contribution in [0.4, 0.5) is 5.13 Å². The Labute approximate surface area is 96.9 Å². The Balaban J connectivity index is 2.21. The minimum absolute atomic E-state index is 0.168. The number of H-pyrrole nitrogens is 1. The van der Waals surface area contributed by atoms with Crippen molar-refractivity contribution in [2.45, 2.75) is 20.8 Å². The number of hydrogen-bond donors (Lipinski definition) is 2. The Kier molecular flexibility index (Phi) is 2.74. The molecule has 0 aliphatic carbocycles. The summed E-state index contributed by atoms with van der Waals surface area (Å²) in [6, 6.07) is 0. The predicted molar refractivity (Wildman–Crippen MR) is 62.9 cm³/mol. The number of thiazole rings is 1. The van der Waals surface area contributed by atoms with Crippen LogP contribution < -0.4 is 5.32 Å². The maximum absolute atomic E-state index is 11.9. The smallest absolute Gasteiger partial charge is 0.261 e. The molecule has 5 nitrogen and oxygen atoms in total. The second-order valence-corrected chi connectivity index (χ2v) is 4.77. The molecular formula is C10H12N4OS. The molecule has 0 aromatic carbocycles. The Morgan fingerprint density at radius 2 is 2.19 bits per heavy atom. The number of rotatable bonds is 2. The molecule has 2 heterocycles. The molecule has 0 atom stereocenters. The van der Waals surface area contributed by atoms with Crippen molar-refractivity contribution < 1.29 is 4.79 Å². The second kappa shape index (κ2) is 4.05. The number of aromatic amines is 1. The number of nitrogens with one attached hydrogen (secondary N) is 2. The zero-order valence-corrected chi connectivity index (χ0v) is 10.1. The highest BCUT2D eigenvalue weighted by Crippen LogP contribution is 2.18. The highest BCUT2D eigenvalue weighted by Gasteiger charge is 2.16. The van der Waals surface area contributed by atoms with E-state index in [1.165, 1.54) is 11.3 Å². The molecule has 0 fully saturated rings. The highest BCUT2D eigenvalue weighted by molar-refractivity contribution is 7.15. The third kappa shape index (κ3) is 1.96. The lowest BCUT2D eigenvalue weighted by molar-refractivity contribution is 0.102. The van der Waals surface area contributed by atoms with Crippen molar-refractivity contribution in [2.75, 3.05) is 5.32 Å². The van der Waals surface area contributed by atoms with Gasteiger partial charge in [0.15, 0.2) is 5.13 Å². The van der Waals surface area contributed by atoms with E-state index in [2.05, 4.69) is 20.5 Å². The molecule has 0 saturated carbocycles. The minimum atomic E-state index is -0.168. The number of anilines is 1. The molecule has 2 N–H and O–H groups in total. The van der Waals surface area contributed by atoms with Crippen molar-refractivity contribution >= 4 is 22.4 Å². The van der Waals surface area contributed by atoms with E-state index in [0.717, 1.165) is 10.6 Å². The van der Waals surface area contributed by atoms with Gasteiger partial charge in [0.05, 0.1) is 11.3 Å². The number of aryl methyl sites for hydroxylation is 3. The van der Waals surface area contributed by atoms with Gasteiger partial charge in [-0.2, -0.15) is 5.10 Å². The summed E-state index contributed by atoms with van der Waals surface area (Å²) in [7, 11) is 0. The van der Waals surface area contributed by atoms with E-state index in [-0.39, 0.29) is 5.91 Å². The number of amides is 1. The van der Waals surface area contributed by atoms with Crippen molar-refractivity contribution in [2.24, 2.45) is 0 Å². The van der Waals surface area contributed by atoms with Crippen LogP contribution in [0.2, 0.25) is 0 Å². The number of hydrogen-bond acceptors (Lipinski definition) is 4. The Hall–Kier alpha value is -1.69. The number of nitrogens with zero attached hydrogens (tertiary/aromatic N) is 2. The maximum Gasteiger partial charge on any atom is 0.261 e. The molecule has 0 spiro atoms. The molecule has 0 aliphatic heterocycles. The van der Waals surface area contributed by atoms with Gasteiger partial charge in [-0.05, 0) is 20.8 Å². The number of carbonyl (C=O) groups is 1. The zero-order chi connectivity index (χ0) is 11.7. The van der Waals surface area contributed by atoms with E-state index in [1.807, 2.05) is 13.8 Å². The first kappa shape index (κ1) is 10.8. The van der Waals surface area contributed by atoms with Gasteiger partial charge in [-0.15, -0.1) is 11.3 Å². The molecule has 0 saturated heterocycles. The summed E-state index contributed by atoms with van der Waals surface area (Å²) >= 11 is 1.45. The van der Waals surface area contributed by atoms with Gasteiger partial charge >= 0.3 is 0 Å². The molecule has 2 aromatic heterocycles. The highest BCUT2D eigenvalue weighted by atomic mass is 32.1. The van der Waals surface area contributed by atoms with Crippen LogP contribution in [0, 0.1) is 20.8 Å². The van der Waals surface area contributed by atoms with Crippen LogP contribution in [-0.2, 0) is 0 Å². The third-order valence-electron chi connectivity index (χ3n) is 2.20. The fourth-order valence-electron chi connectivity index (χ4n) is 1.46. The van der Waals surface area contributed by atoms with Crippen LogP contribution in [0.5, 0.6) is 0 Å². The quantitative estimate of drug-likeness (QED) is 0.838. The molecule has 0 bridgehead atoms. The Morgan fingerprint density at radius 3 is 2.69 bits per heavy atom. The lowest BCUT2D eigenvalue weighted by atomic mass is 10.2. The van der Waals surface area contributed by atoms with Crippen molar-refractivity contribution in [3.63, 3.8) is 0 Å². The van der Waals surface area contributed by atoms with E-state index >= 15 is 0 Å². The number of aromatic nitrogens is 3. The molecular weight excluding hydrogens is 224 g/mol. The average Bonchev–Trinajstić information content (AvgIpc) is 2.74. The maximum atomic E-state index is 11.9. The summed E-state index contributed by atoms with van der Waals surface area (Å²) < 4.78 is 0. The summed E-state index contributed by atoms with van der Waals surface area (Å²) in [4.78, 5) is 17.1. The molecule has 0 radical (unpaired) electrons. The van der Waals surface area contributed by atoms with Gasteiger partial charge in [-0.3, -0.25) is 15.2 Å². The summed E-state index contributed by atoms with van der Waals surface area (Å²) in [5.41, 5.74) is 2.06. The lowest BCUT2D eigenvalue weighted by Crippen LogP contribution is -2.13. The molecule has 84 valence electrons. The van der Waals surface area contributed by atoms with Crippen molar-refractivity contribution in [1.82, 2.24) is 15.2 Å². The molecule has 6 heteroatoms. The summed E-state index contributed by atoms with van der Waals surface area (Å²) in [5, 5.41) is 10.1. The minimum Gasteiger partial charge on any atom is -0.298 e. The molecule has 0 aliphatic rings. The summed E-state index contributed by atoms with van der Waals surface area (Å²) in [6.07, 6.45) is 1.73. The molecule has 2 aromatic rings. The molecule has 1 amide bonds. The van der Waals surface area contributed by atoms with Crippen LogP contribution in [0.1, 0.15) is 26.6 Å². The first-order valence-electron chi connectivity index (χ1n) is 4.83. The van der Waals surface area contributed by atoms with Crippen LogP contribution in [0.3, 0.4) is 0 Å². The van der Waals surface area contributed by atoms with Gasteiger partial charge in [-0.25, -0.2) is 4.98 Å². The largest absolute Gasteiger partial charge is 0.298 e. The number of carbonyl (C=O) groups excluding carboxylic acids is 1. The molecule has 0 unspecified atom stereocenters. The summed E-state index contributed by atoms with van der Waals surface area (Å²) in [6.45, 7) is 5.56. The van der Waals surface area contributed by atoms with Crippen LogP contribution in [0.25, 0.3) is 0 Å². The van der Waals surface area contributed by atoms with E-state index in [9.17, 15) is 4.79 Å². The fourth-order valence-corrected chi connectivity index (χ4v) is 2.12. The molecule has 16 heavy (non-hydrogen) atoms. The Morgan fingerprint density at radius 1 is 1.44 bits per heavy atom. The topological polar surface area (TPSA) is 70.7 Å². The summed E-state index contributed by atoms with van der Waals surface area (Å²) in [5.74, 6) is -0.168. The van der Waals surface area contributed by atoms with Crippen LogP contribution >= 0.6 is 11.3 Å². The van der Waals surface area contributed by atoms with Crippen molar-refractivity contribution in [3.8, 4) is 0 Å². The van der Waals surface area contributed by atoms with Gasteiger partial charge in [0.1, 0.15) is 0 Å². The first-order chi connectivity index (χ1) is 7.58. The van der Waals surface area contributed by atoms with Crippen LogP contribution in [0.15, 0.2) is 6.20 Å². The SMILES string of the molecule is Cc1cnc(NC(=O)c2c(C)n[nH]c2C)s1. The lowest BCUT2D eigenvalue weighted by Gasteiger charge is -2.00. The van der Waals surface area contributed by atoms with Gasteiger partial charge in [-0.1, -0.05) is 0 Å². The fraction of sp³-hybridized carbons (Fsp3) is 0.300. The zero-order valence-electron chi connectivity index (χ0n) is 9.29. The third-order valence-corrected chi connectivity index (χ3v) is 3.03. The normalized spacial score (nSPS) is 10.4. The van der Waals surface area contributed by atoms with Crippen LogP contribution in [-0.4, -0.2) is 21.1 Å². The van der Waals surface area contributed by atoms with Crippen molar-refractivity contribution in [3.05, 3.63) is 28.0 Å². The first-order valence-corrected chi connectivity index (χ1v) is 5.65. The van der Waals surface area contributed by atoms with E-state index in [4.69, 9.17) is 0 Å². The molecule has 2 rings (SSSR count). The second-order valence-electron chi connectivity index (χ2n) is 3.54. The predicted octanol–water partition coefficient (Wildman–Crippen LogP) is 2.04. The van der Waals surface area contributed by atoms with Crippen molar-refractivity contribution in [1.29, 1.82) is 0 Å². The Bertz CT molecular complexity index is 509. The van der Waals surface area contributed by atoms with Gasteiger partial charge in [0, 0.05) is 16.8 Å². The van der Waals surface area contributed by atoms with Gasteiger partial charge in [0.2, 0.25) is 0 Å². The van der Waals surface area contributed by atoms with Gasteiger partial charge < -0.3 is 0 Å². The standard InChI is InChI=1S/C10H12N4OS/c1-5-4-11-10(16-5)12-9(15)8-6(2)13-14-7(8)3/h4H,1-3H3,(H,13,14)(H,11,12,15). The average molecular weight is 236 g/mol. The monoisotopic (exact) mass is 236 g/mol.